The number of ether oxygens (including phenoxy) is 2. The Hall–Kier alpha value is -2.30. The number of methoxy groups -OCH3 is 2. The third kappa shape index (κ3) is 2.09. The summed E-state index contributed by atoms with van der Waals surface area (Å²) in [7, 11) is 3.07. The number of allylic oxidation sites excluding steroid dienone is 2. The second-order valence-corrected chi connectivity index (χ2v) is 5.21. The van der Waals surface area contributed by atoms with Gasteiger partial charge in [0.05, 0.1) is 31.7 Å². The largest absolute Gasteiger partial charge is 0.493 e. The lowest BCUT2D eigenvalue weighted by Crippen LogP contribution is -2.30. The van der Waals surface area contributed by atoms with Gasteiger partial charge in [-0.25, -0.2) is 4.90 Å². The predicted octanol–water partition coefficient (Wildman–Crippen LogP) is 2.16. The average Bonchev–Trinajstić information content (AvgIpc) is 2.78. The minimum atomic E-state index is -0.226. The van der Waals surface area contributed by atoms with Crippen molar-refractivity contribution in [3.05, 3.63) is 30.4 Å². The molecule has 2 atom stereocenters. The molecule has 3 rings (SSSR count). The van der Waals surface area contributed by atoms with Crippen LogP contribution in [0.4, 0.5) is 5.69 Å². The molecule has 1 saturated heterocycles. The van der Waals surface area contributed by atoms with Crippen LogP contribution in [0.15, 0.2) is 30.4 Å². The summed E-state index contributed by atoms with van der Waals surface area (Å²) < 4.78 is 10.4. The summed E-state index contributed by atoms with van der Waals surface area (Å²) in [6, 6.07) is 5.08. The van der Waals surface area contributed by atoms with Crippen LogP contribution in [-0.2, 0) is 9.59 Å². The van der Waals surface area contributed by atoms with Crippen LogP contribution in [-0.4, -0.2) is 26.0 Å². The van der Waals surface area contributed by atoms with Crippen molar-refractivity contribution in [3.63, 3.8) is 0 Å². The molecule has 110 valence electrons. The first-order valence-electron chi connectivity index (χ1n) is 6.92. The monoisotopic (exact) mass is 287 g/mol. The number of fused-ring (bicyclic) bond motifs is 1. The molecule has 1 aliphatic carbocycles. The standard InChI is InChI=1S/C16H17NO4/c1-20-13-8-7-10(9-14(13)21-2)17-15(18)11-5-3-4-6-12(11)16(17)19/h3-4,7-9,11-12H,5-6H2,1-2H3. The molecule has 0 N–H and O–H groups in total. The zero-order valence-corrected chi connectivity index (χ0v) is 12.0. The van der Waals surface area contributed by atoms with Crippen LogP contribution < -0.4 is 14.4 Å². The van der Waals surface area contributed by atoms with E-state index in [-0.39, 0.29) is 23.7 Å². The zero-order valence-electron chi connectivity index (χ0n) is 12.0. The summed E-state index contributed by atoms with van der Waals surface area (Å²) in [4.78, 5) is 26.3. The molecule has 1 heterocycles. The van der Waals surface area contributed by atoms with Gasteiger partial charge in [-0.15, -0.1) is 0 Å². The fraction of sp³-hybridized carbons (Fsp3) is 0.375. The highest BCUT2D eigenvalue weighted by Crippen LogP contribution is 2.40. The molecule has 0 aromatic heterocycles. The van der Waals surface area contributed by atoms with Gasteiger partial charge in [-0.2, -0.15) is 0 Å². The van der Waals surface area contributed by atoms with E-state index < -0.39 is 0 Å². The quantitative estimate of drug-likeness (QED) is 0.631. The van der Waals surface area contributed by atoms with Crippen molar-refractivity contribution in [2.45, 2.75) is 12.8 Å². The molecule has 2 amide bonds. The molecule has 2 unspecified atom stereocenters. The molecule has 1 aliphatic heterocycles. The molecular weight excluding hydrogens is 270 g/mol. The van der Waals surface area contributed by atoms with Gasteiger partial charge in [-0.05, 0) is 25.0 Å². The number of benzene rings is 1. The van der Waals surface area contributed by atoms with Crippen molar-refractivity contribution in [1.29, 1.82) is 0 Å². The van der Waals surface area contributed by atoms with Crippen molar-refractivity contribution < 1.29 is 19.1 Å². The topological polar surface area (TPSA) is 55.8 Å². The highest BCUT2D eigenvalue weighted by molar-refractivity contribution is 6.22. The van der Waals surface area contributed by atoms with Crippen molar-refractivity contribution in [2.24, 2.45) is 11.8 Å². The van der Waals surface area contributed by atoms with E-state index in [9.17, 15) is 9.59 Å². The summed E-state index contributed by atoms with van der Waals surface area (Å²) >= 11 is 0. The van der Waals surface area contributed by atoms with E-state index >= 15 is 0 Å². The van der Waals surface area contributed by atoms with Gasteiger partial charge in [0.1, 0.15) is 0 Å². The van der Waals surface area contributed by atoms with E-state index in [2.05, 4.69) is 0 Å². The normalized spacial score (nSPS) is 24.2. The molecule has 0 saturated carbocycles. The minimum absolute atomic E-state index is 0.124. The minimum Gasteiger partial charge on any atom is -0.493 e. The molecule has 0 bridgehead atoms. The maximum atomic E-state index is 12.5. The molecule has 5 nitrogen and oxygen atoms in total. The fourth-order valence-corrected chi connectivity index (χ4v) is 3.02. The van der Waals surface area contributed by atoms with E-state index in [0.29, 0.717) is 30.0 Å². The number of nitrogens with zero attached hydrogens (tertiary/aromatic N) is 1. The second-order valence-electron chi connectivity index (χ2n) is 5.21. The molecular formula is C16H17NO4. The lowest BCUT2D eigenvalue weighted by Gasteiger charge is -2.17. The van der Waals surface area contributed by atoms with Gasteiger partial charge in [-0.1, -0.05) is 12.2 Å². The molecule has 1 aromatic carbocycles. The first-order valence-corrected chi connectivity index (χ1v) is 6.92. The first kappa shape index (κ1) is 13.7. The highest BCUT2D eigenvalue weighted by atomic mass is 16.5. The number of hydrogen-bond acceptors (Lipinski definition) is 4. The number of amides is 2. The molecule has 1 aromatic rings. The Morgan fingerprint density at radius 2 is 1.52 bits per heavy atom. The summed E-state index contributed by atoms with van der Waals surface area (Å²) in [5, 5.41) is 0. The van der Waals surface area contributed by atoms with Crippen LogP contribution in [0.25, 0.3) is 0 Å². The van der Waals surface area contributed by atoms with Crippen molar-refractivity contribution in [2.75, 3.05) is 19.1 Å². The predicted molar refractivity (Wildman–Crippen MR) is 77.4 cm³/mol. The first-order chi connectivity index (χ1) is 10.2. The van der Waals surface area contributed by atoms with Crippen LogP contribution >= 0.6 is 0 Å². The number of imide groups is 1. The summed E-state index contributed by atoms with van der Waals surface area (Å²) in [6.45, 7) is 0. The van der Waals surface area contributed by atoms with Crippen LogP contribution in [0.2, 0.25) is 0 Å². The van der Waals surface area contributed by atoms with E-state index in [1.165, 1.54) is 12.0 Å². The molecule has 21 heavy (non-hydrogen) atoms. The third-order valence-electron chi connectivity index (χ3n) is 4.13. The smallest absolute Gasteiger partial charge is 0.238 e. The summed E-state index contributed by atoms with van der Waals surface area (Å²) in [5.41, 5.74) is 0.539. The number of carbonyl (C=O) groups is 2. The Bertz CT molecular complexity index is 597. The Kier molecular flexibility index (Phi) is 3.41. The SMILES string of the molecule is COc1ccc(N2C(=O)C3CC=CCC3C2=O)cc1OC. The van der Waals surface area contributed by atoms with E-state index in [1.807, 2.05) is 12.2 Å². The Morgan fingerprint density at radius 1 is 0.952 bits per heavy atom. The van der Waals surface area contributed by atoms with E-state index in [0.717, 1.165) is 0 Å². The number of rotatable bonds is 3. The van der Waals surface area contributed by atoms with Crippen molar-refractivity contribution in [1.82, 2.24) is 0 Å². The van der Waals surface area contributed by atoms with Crippen LogP contribution in [0, 0.1) is 11.8 Å². The summed E-state index contributed by atoms with van der Waals surface area (Å²) in [5.74, 6) is 0.373. The maximum absolute atomic E-state index is 12.5. The van der Waals surface area contributed by atoms with Crippen LogP contribution in [0.3, 0.4) is 0 Å². The van der Waals surface area contributed by atoms with Gasteiger partial charge in [0.15, 0.2) is 11.5 Å². The molecule has 0 spiro atoms. The van der Waals surface area contributed by atoms with Gasteiger partial charge in [-0.3, -0.25) is 9.59 Å². The lowest BCUT2D eigenvalue weighted by molar-refractivity contribution is -0.122. The van der Waals surface area contributed by atoms with Crippen LogP contribution in [0.5, 0.6) is 11.5 Å². The zero-order chi connectivity index (χ0) is 15.0. The maximum Gasteiger partial charge on any atom is 0.238 e. The third-order valence-corrected chi connectivity index (χ3v) is 4.13. The van der Waals surface area contributed by atoms with E-state index in [1.54, 1.807) is 25.3 Å². The molecule has 1 fully saturated rings. The fourth-order valence-electron chi connectivity index (χ4n) is 3.02. The van der Waals surface area contributed by atoms with Gasteiger partial charge in [0.25, 0.3) is 0 Å². The van der Waals surface area contributed by atoms with Gasteiger partial charge >= 0.3 is 0 Å². The van der Waals surface area contributed by atoms with Gasteiger partial charge in [0, 0.05) is 6.07 Å². The number of hydrogen-bond donors (Lipinski definition) is 0. The van der Waals surface area contributed by atoms with E-state index in [4.69, 9.17) is 9.47 Å². The molecule has 0 radical (unpaired) electrons. The van der Waals surface area contributed by atoms with Crippen molar-refractivity contribution in [3.8, 4) is 11.5 Å². The average molecular weight is 287 g/mol. The molecule has 5 heteroatoms. The van der Waals surface area contributed by atoms with Gasteiger partial charge < -0.3 is 9.47 Å². The van der Waals surface area contributed by atoms with Crippen LogP contribution in [0.1, 0.15) is 12.8 Å². The Balaban J connectivity index is 1.97. The van der Waals surface area contributed by atoms with Gasteiger partial charge in [0.2, 0.25) is 11.8 Å². The Morgan fingerprint density at radius 3 is 2.05 bits per heavy atom. The second kappa shape index (κ2) is 5.24. The Labute approximate surface area is 123 Å². The number of carbonyl (C=O) groups excluding carboxylic acids is 2. The summed E-state index contributed by atoms with van der Waals surface area (Å²) in [6.07, 6.45) is 5.23. The lowest BCUT2D eigenvalue weighted by atomic mass is 9.85. The van der Waals surface area contributed by atoms with Crippen molar-refractivity contribution >= 4 is 17.5 Å². The number of anilines is 1. The molecule has 2 aliphatic rings. The highest BCUT2D eigenvalue weighted by Gasteiger charge is 2.47.